The van der Waals surface area contributed by atoms with Gasteiger partial charge in [-0.2, -0.15) is 5.26 Å². The van der Waals surface area contributed by atoms with Gasteiger partial charge in [-0.05, 0) is 18.6 Å². The molecule has 1 aliphatic heterocycles. The lowest BCUT2D eigenvalue weighted by molar-refractivity contribution is -0.117. The zero-order chi connectivity index (χ0) is 21.5. The van der Waals surface area contributed by atoms with Gasteiger partial charge in [-0.1, -0.05) is 48.0 Å². The van der Waals surface area contributed by atoms with E-state index in [0.717, 1.165) is 0 Å². The van der Waals surface area contributed by atoms with Crippen molar-refractivity contribution in [1.29, 1.82) is 5.26 Å². The maximum atomic E-state index is 12.7. The average Bonchev–Trinajstić information content (AvgIpc) is 3.10. The Morgan fingerprint density at radius 1 is 1.13 bits per heavy atom. The van der Waals surface area contributed by atoms with E-state index < -0.39 is 11.8 Å². The van der Waals surface area contributed by atoms with Gasteiger partial charge in [-0.25, -0.2) is 4.99 Å². The molecule has 0 spiro atoms. The summed E-state index contributed by atoms with van der Waals surface area (Å²) < 4.78 is 4.95. The second kappa shape index (κ2) is 9.83. The number of amidine groups is 1. The van der Waals surface area contributed by atoms with Crippen LogP contribution in [0.4, 0.5) is 0 Å². The van der Waals surface area contributed by atoms with E-state index in [0.29, 0.717) is 41.3 Å². The Kier molecular flexibility index (Phi) is 6.96. The van der Waals surface area contributed by atoms with E-state index >= 15 is 0 Å². The zero-order valence-corrected chi connectivity index (χ0v) is 17.0. The number of methoxy groups -OCH3 is 1. The van der Waals surface area contributed by atoms with Crippen molar-refractivity contribution in [3.63, 3.8) is 0 Å². The lowest BCUT2D eigenvalue weighted by Crippen LogP contribution is -2.30. The van der Waals surface area contributed by atoms with Crippen LogP contribution in [0.25, 0.3) is 5.70 Å². The maximum Gasteiger partial charge on any atom is 0.264 e. The first-order chi connectivity index (χ1) is 14.6. The summed E-state index contributed by atoms with van der Waals surface area (Å²) in [5.41, 5.74) is 1.60. The maximum absolute atomic E-state index is 12.7. The van der Waals surface area contributed by atoms with Crippen LogP contribution < -0.4 is 10.6 Å². The molecule has 0 aromatic heterocycles. The number of nitrogens with zero attached hydrogens (tertiary/aromatic N) is 2. The van der Waals surface area contributed by atoms with E-state index in [2.05, 4.69) is 15.6 Å². The number of carbonyl (C=O) groups excluding carboxylic acids is 2. The number of benzene rings is 2. The molecule has 0 unspecified atom stereocenters. The molecule has 30 heavy (non-hydrogen) atoms. The summed E-state index contributed by atoms with van der Waals surface area (Å²) in [6.07, 6.45) is 0.620. The van der Waals surface area contributed by atoms with Crippen molar-refractivity contribution >= 4 is 34.9 Å². The number of amides is 2. The smallest absolute Gasteiger partial charge is 0.264 e. The van der Waals surface area contributed by atoms with Crippen LogP contribution in [0.5, 0.6) is 0 Å². The van der Waals surface area contributed by atoms with Crippen molar-refractivity contribution in [3.05, 3.63) is 75.8 Å². The van der Waals surface area contributed by atoms with Crippen molar-refractivity contribution in [2.75, 3.05) is 20.3 Å². The van der Waals surface area contributed by atoms with Crippen LogP contribution in [-0.2, 0) is 9.53 Å². The van der Waals surface area contributed by atoms with E-state index in [4.69, 9.17) is 16.3 Å². The third-order valence-electron chi connectivity index (χ3n) is 4.40. The van der Waals surface area contributed by atoms with Crippen molar-refractivity contribution < 1.29 is 14.3 Å². The Balaban J connectivity index is 1.92. The van der Waals surface area contributed by atoms with Gasteiger partial charge in [0.05, 0.1) is 16.3 Å². The van der Waals surface area contributed by atoms with Crippen LogP contribution in [-0.4, -0.2) is 37.9 Å². The number of nitrogens with one attached hydrogen (secondary N) is 2. The Bertz CT molecular complexity index is 1090. The predicted molar refractivity (Wildman–Crippen MR) is 114 cm³/mol. The van der Waals surface area contributed by atoms with Crippen LogP contribution in [0, 0.1) is 11.3 Å². The highest BCUT2D eigenvalue weighted by Crippen LogP contribution is 2.30. The van der Waals surface area contributed by atoms with Crippen LogP contribution in [0.15, 0.2) is 59.1 Å². The van der Waals surface area contributed by atoms with Gasteiger partial charge >= 0.3 is 0 Å². The summed E-state index contributed by atoms with van der Waals surface area (Å²) in [6.45, 7) is 0.866. The average molecular weight is 423 g/mol. The van der Waals surface area contributed by atoms with Crippen LogP contribution in [0.3, 0.4) is 0 Å². The number of hydrogen-bond donors (Lipinski definition) is 2. The predicted octanol–water partition coefficient (Wildman–Crippen LogP) is 2.92. The fourth-order valence-corrected chi connectivity index (χ4v) is 3.17. The van der Waals surface area contributed by atoms with Crippen LogP contribution in [0.1, 0.15) is 27.9 Å². The zero-order valence-electron chi connectivity index (χ0n) is 16.2. The first kappa shape index (κ1) is 21.2. The molecule has 0 bridgehead atoms. The van der Waals surface area contributed by atoms with Gasteiger partial charge in [0.25, 0.3) is 11.8 Å². The summed E-state index contributed by atoms with van der Waals surface area (Å²) in [7, 11) is 1.58. The third-order valence-corrected chi connectivity index (χ3v) is 4.73. The molecule has 0 saturated carbocycles. The van der Waals surface area contributed by atoms with Gasteiger partial charge in [-0.15, -0.1) is 0 Å². The molecule has 0 saturated heterocycles. The SMILES string of the molecule is COCCCNC(=O)C(C#N)=C1N=C(NC(=O)c2ccccc2Cl)c2ccccc21. The molecule has 0 aliphatic carbocycles. The molecule has 3 rings (SSSR count). The number of aliphatic imine (C=N–C) groups is 1. The highest BCUT2D eigenvalue weighted by molar-refractivity contribution is 6.34. The fraction of sp³-hybridized carbons (Fsp3) is 0.182. The molecular formula is C22H19ClN4O3. The lowest BCUT2D eigenvalue weighted by atomic mass is 10.0. The monoisotopic (exact) mass is 422 g/mol. The normalized spacial score (nSPS) is 13.7. The Hall–Kier alpha value is -3.47. The number of hydrogen-bond acceptors (Lipinski definition) is 5. The molecule has 2 aromatic rings. The highest BCUT2D eigenvalue weighted by atomic mass is 35.5. The van der Waals surface area contributed by atoms with Crippen LogP contribution in [0.2, 0.25) is 5.02 Å². The van der Waals surface area contributed by atoms with Gasteiger partial charge in [0.15, 0.2) is 0 Å². The molecule has 7 nitrogen and oxygen atoms in total. The molecule has 1 heterocycles. The Morgan fingerprint density at radius 2 is 1.83 bits per heavy atom. The minimum atomic E-state index is -0.527. The highest BCUT2D eigenvalue weighted by Gasteiger charge is 2.27. The molecule has 2 aromatic carbocycles. The summed E-state index contributed by atoms with van der Waals surface area (Å²) >= 11 is 6.10. The Labute approximate surface area is 179 Å². The fourth-order valence-electron chi connectivity index (χ4n) is 2.95. The summed E-state index contributed by atoms with van der Waals surface area (Å²) in [5.74, 6) is -0.704. The second-order valence-corrected chi connectivity index (χ2v) is 6.78. The van der Waals surface area contributed by atoms with Gasteiger partial charge in [0.2, 0.25) is 0 Å². The number of carbonyl (C=O) groups is 2. The van der Waals surface area contributed by atoms with Gasteiger partial charge in [0.1, 0.15) is 17.5 Å². The second-order valence-electron chi connectivity index (χ2n) is 6.38. The summed E-state index contributed by atoms with van der Waals surface area (Å²) in [6, 6.07) is 15.7. The number of rotatable bonds is 6. The topological polar surface area (TPSA) is 104 Å². The largest absolute Gasteiger partial charge is 0.385 e. The standard InChI is InChI=1S/C22H19ClN4O3/c1-30-12-6-11-25-21(28)17(13-24)19-14-7-2-3-8-15(14)20(26-19)27-22(29)16-9-4-5-10-18(16)23/h2-5,7-10H,6,11-12H2,1H3,(H,25,28)(H,26,27,29). The van der Waals surface area contributed by atoms with Crippen LogP contribution >= 0.6 is 11.6 Å². The number of halogens is 1. The van der Waals surface area contributed by atoms with E-state index in [1.165, 1.54) is 0 Å². The number of nitriles is 1. The first-order valence-electron chi connectivity index (χ1n) is 9.22. The third kappa shape index (κ3) is 4.57. The van der Waals surface area contributed by atoms with E-state index in [9.17, 15) is 14.9 Å². The molecule has 1 aliphatic rings. The van der Waals surface area contributed by atoms with Crippen molar-refractivity contribution in [3.8, 4) is 6.07 Å². The molecule has 2 amide bonds. The lowest BCUT2D eigenvalue weighted by Gasteiger charge is -2.07. The minimum absolute atomic E-state index is 0.123. The van der Waals surface area contributed by atoms with E-state index in [1.54, 1.807) is 55.6 Å². The van der Waals surface area contributed by atoms with Gasteiger partial charge < -0.3 is 15.4 Å². The summed E-state index contributed by atoms with van der Waals surface area (Å²) in [5, 5.41) is 15.3. The summed E-state index contributed by atoms with van der Waals surface area (Å²) in [4.78, 5) is 29.6. The molecule has 0 fully saturated rings. The molecular weight excluding hydrogens is 404 g/mol. The van der Waals surface area contributed by atoms with Gasteiger partial charge in [0, 0.05) is 31.4 Å². The van der Waals surface area contributed by atoms with E-state index in [-0.39, 0.29) is 17.1 Å². The van der Waals surface area contributed by atoms with E-state index in [1.807, 2.05) is 6.07 Å². The molecule has 0 atom stereocenters. The van der Waals surface area contributed by atoms with Crippen molar-refractivity contribution in [2.45, 2.75) is 6.42 Å². The quantitative estimate of drug-likeness (QED) is 0.424. The minimum Gasteiger partial charge on any atom is -0.385 e. The number of ether oxygens (including phenoxy) is 1. The molecule has 8 heteroatoms. The van der Waals surface area contributed by atoms with Gasteiger partial charge in [-0.3, -0.25) is 9.59 Å². The molecule has 2 N–H and O–H groups in total. The molecule has 152 valence electrons. The Morgan fingerprint density at radius 3 is 2.53 bits per heavy atom. The van der Waals surface area contributed by atoms with Crippen molar-refractivity contribution in [1.82, 2.24) is 10.6 Å². The number of fused-ring (bicyclic) bond motifs is 1. The molecule has 0 radical (unpaired) electrons. The first-order valence-corrected chi connectivity index (χ1v) is 9.60. The van der Waals surface area contributed by atoms with Crippen molar-refractivity contribution in [2.24, 2.45) is 4.99 Å².